The molecule has 14 heavy (non-hydrogen) atoms. The minimum absolute atomic E-state index is 0.285. The summed E-state index contributed by atoms with van der Waals surface area (Å²) in [4.78, 5) is 14.5. The van der Waals surface area contributed by atoms with E-state index >= 15 is 0 Å². The van der Waals surface area contributed by atoms with E-state index in [1.807, 2.05) is 0 Å². The SMILES string of the molecule is NC(=O)CCCNc1cc(N)ccn1. The van der Waals surface area contributed by atoms with Crippen LogP contribution in [0.15, 0.2) is 18.3 Å². The molecule has 76 valence electrons. The zero-order valence-electron chi connectivity index (χ0n) is 7.86. The fourth-order valence-corrected chi connectivity index (χ4v) is 1.02. The lowest BCUT2D eigenvalue weighted by molar-refractivity contribution is -0.118. The molecular weight excluding hydrogens is 180 g/mol. The molecule has 1 aromatic heterocycles. The highest BCUT2D eigenvalue weighted by molar-refractivity contribution is 5.73. The monoisotopic (exact) mass is 194 g/mol. The van der Waals surface area contributed by atoms with E-state index in [4.69, 9.17) is 11.5 Å². The Morgan fingerprint density at radius 1 is 1.57 bits per heavy atom. The summed E-state index contributed by atoms with van der Waals surface area (Å²) in [5, 5.41) is 3.04. The lowest BCUT2D eigenvalue weighted by Gasteiger charge is -2.04. The first-order valence-corrected chi connectivity index (χ1v) is 4.42. The van der Waals surface area contributed by atoms with Crippen molar-refractivity contribution in [3.8, 4) is 0 Å². The highest BCUT2D eigenvalue weighted by Gasteiger charge is 1.95. The van der Waals surface area contributed by atoms with E-state index in [9.17, 15) is 4.79 Å². The summed E-state index contributed by atoms with van der Waals surface area (Å²) in [5.74, 6) is 0.432. The highest BCUT2D eigenvalue weighted by Crippen LogP contribution is 2.07. The molecule has 0 aliphatic rings. The minimum Gasteiger partial charge on any atom is -0.399 e. The number of carbonyl (C=O) groups excluding carboxylic acids is 1. The molecule has 0 aliphatic carbocycles. The number of aromatic nitrogens is 1. The van der Waals surface area contributed by atoms with Crippen LogP contribution in [0.5, 0.6) is 0 Å². The third kappa shape index (κ3) is 3.75. The van der Waals surface area contributed by atoms with Gasteiger partial charge in [0.05, 0.1) is 0 Å². The highest BCUT2D eigenvalue weighted by atomic mass is 16.1. The fraction of sp³-hybridized carbons (Fsp3) is 0.333. The first kappa shape index (κ1) is 10.3. The van der Waals surface area contributed by atoms with Crippen LogP contribution in [0.1, 0.15) is 12.8 Å². The number of nitrogen functional groups attached to an aromatic ring is 1. The van der Waals surface area contributed by atoms with Gasteiger partial charge in [-0.25, -0.2) is 4.98 Å². The van der Waals surface area contributed by atoms with Gasteiger partial charge in [-0.15, -0.1) is 0 Å². The maximum absolute atomic E-state index is 10.4. The Kier molecular flexibility index (Phi) is 3.72. The van der Waals surface area contributed by atoms with Gasteiger partial charge in [0.15, 0.2) is 0 Å². The van der Waals surface area contributed by atoms with E-state index in [0.29, 0.717) is 25.1 Å². The van der Waals surface area contributed by atoms with Gasteiger partial charge in [-0.3, -0.25) is 4.79 Å². The average molecular weight is 194 g/mol. The van der Waals surface area contributed by atoms with Gasteiger partial charge >= 0.3 is 0 Å². The summed E-state index contributed by atoms with van der Waals surface area (Å²) in [7, 11) is 0. The standard InChI is InChI=1S/C9H14N4O/c10-7-3-5-13-9(6-7)12-4-1-2-8(11)14/h3,5-6H,1-2,4H2,(H2,11,14)(H3,10,12,13). The third-order valence-corrected chi connectivity index (χ3v) is 1.69. The second kappa shape index (κ2) is 5.06. The number of primary amides is 1. The number of nitrogens with two attached hydrogens (primary N) is 2. The number of nitrogens with one attached hydrogen (secondary N) is 1. The molecule has 0 unspecified atom stereocenters. The van der Waals surface area contributed by atoms with Crippen LogP contribution >= 0.6 is 0 Å². The summed E-state index contributed by atoms with van der Waals surface area (Å²) >= 11 is 0. The van der Waals surface area contributed by atoms with Crippen molar-refractivity contribution in [1.29, 1.82) is 0 Å². The van der Waals surface area contributed by atoms with E-state index in [-0.39, 0.29) is 5.91 Å². The normalized spacial score (nSPS) is 9.71. The molecule has 0 saturated carbocycles. The van der Waals surface area contributed by atoms with E-state index in [0.717, 1.165) is 5.82 Å². The van der Waals surface area contributed by atoms with Gasteiger partial charge in [-0.05, 0) is 12.5 Å². The second-order valence-corrected chi connectivity index (χ2v) is 2.97. The van der Waals surface area contributed by atoms with E-state index < -0.39 is 0 Å². The van der Waals surface area contributed by atoms with Crippen LogP contribution < -0.4 is 16.8 Å². The molecular formula is C9H14N4O. The van der Waals surface area contributed by atoms with Crippen molar-refractivity contribution >= 4 is 17.4 Å². The van der Waals surface area contributed by atoms with Crippen LogP contribution in [-0.4, -0.2) is 17.4 Å². The first-order valence-electron chi connectivity index (χ1n) is 4.42. The Morgan fingerprint density at radius 3 is 3.00 bits per heavy atom. The largest absolute Gasteiger partial charge is 0.399 e. The molecule has 0 bridgehead atoms. The molecule has 0 spiro atoms. The molecule has 0 saturated heterocycles. The van der Waals surface area contributed by atoms with Gasteiger partial charge in [-0.2, -0.15) is 0 Å². The van der Waals surface area contributed by atoms with E-state index in [1.54, 1.807) is 18.3 Å². The minimum atomic E-state index is -0.285. The van der Waals surface area contributed by atoms with Crippen molar-refractivity contribution in [2.24, 2.45) is 5.73 Å². The number of carbonyl (C=O) groups is 1. The van der Waals surface area contributed by atoms with Crippen LogP contribution in [-0.2, 0) is 4.79 Å². The second-order valence-electron chi connectivity index (χ2n) is 2.97. The molecule has 0 aromatic carbocycles. The smallest absolute Gasteiger partial charge is 0.217 e. The molecule has 1 rings (SSSR count). The molecule has 1 amide bonds. The van der Waals surface area contributed by atoms with Crippen LogP contribution in [0.4, 0.5) is 11.5 Å². The summed E-state index contributed by atoms with van der Waals surface area (Å²) in [6.07, 6.45) is 2.72. The summed E-state index contributed by atoms with van der Waals surface area (Å²) in [6, 6.07) is 3.46. The van der Waals surface area contributed by atoms with Gasteiger partial charge in [-0.1, -0.05) is 0 Å². The van der Waals surface area contributed by atoms with Crippen LogP contribution in [0.3, 0.4) is 0 Å². The lowest BCUT2D eigenvalue weighted by Crippen LogP contribution is -2.13. The Morgan fingerprint density at radius 2 is 2.36 bits per heavy atom. The molecule has 1 aromatic rings. The Labute approximate surface area is 82.5 Å². The van der Waals surface area contributed by atoms with Crippen LogP contribution in [0, 0.1) is 0 Å². The molecule has 0 fully saturated rings. The summed E-state index contributed by atoms with van der Waals surface area (Å²) < 4.78 is 0. The predicted octanol–water partition coefficient (Wildman–Crippen LogP) is 0.341. The Balaban J connectivity index is 2.28. The molecule has 0 aliphatic heterocycles. The zero-order valence-corrected chi connectivity index (χ0v) is 7.86. The number of hydrogen-bond donors (Lipinski definition) is 3. The number of amides is 1. The number of rotatable bonds is 5. The predicted molar refractivity (Wildman–Crippen MR) is 55.6 cm³/mol. The average Bonchev–Trinajstić information content (AvgIpc) is 2.12. The fourth-order valence-electron chi connectivity index (χ4n) is 1.02. The first-order chi connectivity index (χ1) is 6.68. The van der Waals surface area contributed by atoms with Gasteiger partial charge in [0.25, 0.3) is 0 Å². The molecule has 0 radical (unpaired) electrons. The number of nitrogens with zero attached hydrogens (tertiary/aromatic N) is 1. The van der Waals surface area contributed by atoms with E-state index in [2.05, 4.69) is 10.3 Å². The third-order valence-electron chi connectivity index (χ3n) is 1.69. The zero-order chi connectivity index (χ0) is 10.4. The van der Waals surface area contributed by atoms with Gasteiger partial charge < -0.3 is 16.8 Å². The Bertz CT molecular complexity index is 313. The molecule has 5 nitrogen and oxygen atoms in total. The Hall–Kier alpha value is -1.78. The van der Waals surface area contributed by atoms with Crippen molar-refractivity contribution in [3.05, 3.63) is 18.3 Å². The number of anilines is 2. The van der Waals surface area contributed by atoms with Crippen molar-refractivity contribution in [3.63, 3.8) is 0 Å². The molecule has 0 atom stereocenters. The summed E-state index contributed by atoms with van der Waals surface area (Å²) in [6.45, 7) is 0.666. The van der Waals surface area contributed by atoms with Crippen LogP contribution in [0.2, 0.25) is 0 Å². The maximum atomic E-state index is 10.4. The quantitative estimate of drug-likeness (QED) is 0.589. The van der Waals surface area contributed by atoms with Crippen molar-refractivity contribution < 1.29 is 4.79 Å². The van der Waals surface area contributed by atoms with E-state index in [1.165, 1.54) is 0 Å². The lowest BCUT2D eigenvalue weighted by atomic mass is 10.3. The number of pyridine rings is 1. The van der Waals surface area contributed by atoms with Gasteiger partial charge in [0.2, 0.25) is 5.91 Å². The molecule has 5 heteroatoms. The van der Waals surface area contributed by atoms with Crippen molar-refractivity contribution in [1.82, 2.24) is 4.98 Å². The maximum Gasteiger partial charge on any atom is 0.217 e. The molecule has 1 heterocycles. The van der Waals surface area contributed by atoms with Gasteiger partial charge in [0.1, 0.15) is 5.82 Å². The summed E-state index contributed by atoms with van der Waals surface area (Å²) in [5.41, 5.74) is 11.2. The molecule has 5 N–H and O–H groups in total. The number of hydrogen-bond acceptors (Lipinski definition) is 4. The van der Waals surface area contributed by atoms with Crippen molar-refractivity contribution in [2.45, 2.75) is 12.8 Å². The van der Waals surface area contributed by atoms with Crippen LogP contribution in [0.25, 0.3) is 0 Å². The van der Waals surface area contributed by atoms with Gasteiger partial charge in [0, 0.05) is 30.9 Å². The van der Waals surface area contributed by atoms with Crippen molar-refractivity contribution in [2.75, 3.05) is 17.6 Å². The topological polar surface area (TPSA) is 94.0 Å².